The predicted molar refractivity (Wildman–Crippen MR) is 134 cm³/mol. The van der Waals surface area contributed by atoms with E-state index in [-0.39, 0.29) is 24.5 Å². The lowest BCUT2D eigenvalue weighted by molar-refractivity contribution is -0.143. The summed E-state index contributed by atoms with van der Waals surface area (Å²) in [7, 11) is 0. The van der Waals surface area contributed by atoms with Crippen LogP contribution in [-0.2, 0) is 24.1 Å². The Labute approximate surface area is 216 Å². The molecular weight excluding hydrogens is 500 g/mol. The number of fused-ring (bicyclic) bond motifs is 1. The fourth-order valence-electron chi connectivity index (χ4n) is 4.61. The number of rotatable bonds is 5. The Balaban J connectivity index is 1.43. The average molecular weight is 527 g/mol. The number of allylic oxidation sites excluding steroid dienone is 3. The van der Waals surface area contributed by atoms with Crippen molar-refractivity contribution in [3.05, 3.63) is 95.2 Å². The minimum Gasteiger partial charge on any atom is -0.378 e. The van der Waals surface area contributed by atoms with Gasteiger partial charge < -0.3 is 19.9 Å². The number of anilines is 1. The van der Waals surface area contributed by atoms with Gasteiger partial charge in [0.25, 0.3) is 5.91 Å². The van der Waals surface area contributed by atoms with Gasteiger partial charge in [0.05, 0.1) is 12.1 Å². The van der Waals surface area contributed by atoms with Crippen molar-refractivity contribution in [2.45, 2.75) is 38.7 Å². The summed E-state index contributed by atoms with van der Waals surface area (Å²) < 4.78 is 54.9. The maximum atomic E-state index is 13.6. The van der Waals surface area contributed by atoms with E-state index >= 15 is 0 Å². The van der Waals surface area contributed by atoms with Crippen LogP contribution < -0.4 is 5.32 Å². The van der Waals surface area contributed by atoms with Gasteiger partial charge in [-0.05, 0) is 60.4 Å². The third-order valence-corrected chi connectivity index (χ3v) is 6.74. The third kappa shape index (κ3) is 5.22. The summed E-state index contributed by atoms with van der Waals surface area (Å²) in [4.78, 5) is 19.2. The number of nitrogens with zero attached hydrogens (tertiary/aromatic N) is 3. The molecule has 1 aromatic heterocycles. The quantitative estimate of drug-likeness (QED) is 0.420. The van der Waals surface area contributed by atoms with Crippen molar-refractivity contribution in [1.29, 1.82) is 0 Å². The van der Waals surface area contributed by atoms with E-state index in [9.17, 15) is 27.5 Å². The highest BCUT2D eigenvalue weighted by Gasteiger charge is 2.34. The van der Waals surface area contributed by atoms with Crippen LogP contribution in [0.4, 0.5) is 23.4 Å². The Kier molecular flexibility index (Phi) is 6.83. The summed E-state index contributed by atoms with van der Waals surface area (Å²) in [5.41, 5.74) is 1.11. The zero-order chi connectivity index (χ0) is 27.0. The molecule has 2 aromatic carbocycles. The first-order chi connectivity index (χ1) is 18.1. The highest BCUT2D eigenvalue weighted by Crippen LogP contribution is 2.34. The number of aromatic nitrogens is 2. The number of nitrogens with one attached hydrogen (secondary N) is 1. The standard InChI is InChI=1S/C28H26F4N4O2/c1-17-5-11-22(12-6-17)33-26-24(18-7-9-21(29)10-8-18)34-23-16-35(13-14-36(23)26)27(38)25(37)19-3-2-4-20(15-19)28(30,31)32/h2-5,7-12,15,17,25,33,37H,6,13-14,16H2,1H3. The Morgan fingerprint density at radius 1 is 1.16 bits per heavy atom. The Morgan fingerprint density at radius 2 is 1.92 bits per heavy atom. The van der Waals surface area contributed by atoms with Crippen LogP contribution in [0.1, 0.15) is 36.4 Å². The molecule has 198 valence electrons. The molecule has 6 nitrogen and oxygen atoms in total. The highest BCUT2D eigenvalue weighted by molar-refractivity contribution is 5.82. The lowest BCUT2D eigenvalue weighted by Gasteiger charge is -2.30. The predicted octanol–water partition coefficient (Wildman–Crippen LogP) is 5.68. The summed E-state index contributed by atoms with van der Waals surface area (Å²) in [6.45, 7) is 2.74. The molecule has 1 amide bonds. The number of hydrogen-bond acceptors (Lipinski definition) is 4. The van der Waals surface area contributed by atoms with Gasteiger partial charge in [-0.15, -0.1) is 0 Å². The normalized spacial score (nSPS) is 18.1. The van der Waals surface area contributed by atoms with E-state index in [2.05, 4.69) is 24.4 Å². The van der Waals surface area contributed by atoms with Crippen LogP contribution in [0, 0.1) is 11.7 Å². The zero-order valence-corrected chi connectivity index (χ0v) is 20.5. The largest absolute Gasteiger partial charge is 0.416 e. The van der Waals surface area contributed by atoms with Gasteiger partial charge in [0, 0.05) is 24.4 Å². The molecule has 2 heterocycles. The second-order valence-electron chi connectivity index (χ2n) is 9.53. The number of amides is 1. The van der Waals surface area contributed by atoms with Crippen LogP contribution in [-0.4, -0.2) is 32.0 Å². The van der Waals surface area contributed by atoms with Crippen molar-refractivity contribution in [3.8, 4) is 11.3 Å². The summed E-state index contributed by atoms with van der Waals surface area (Å²) in [6, 6.07) is 10.1. The van der Waals surface area contributed by atoms with E-state index in [1.807, 2.05) is 10.6 Å². The second-order valence-corrected chi connectivity index (χ2v) is 9.53. The van der Waals surface area contributed by atoms with Crippen molar-refractivity contribution in [1.82, 2.24) is 14.5 Å². The number of hydrogen-bond donors (Lipinski definition) is 2. The number of aliphatic hydroxyl groups excluding tert-OH is 1. The van der Waals surface area contributed by atoms with E-state index in [1.165, 1.54) is 29.2 Å². The summed E-state index contributed by atoms with van der Waals surface area (Å²) in [5.74, 6) is 0.584. The first-order valence-electron chi connectivity index (χ1n) is 12.2. The first kappa shape index (κ1) is 25.7. The van der Waals surface area contributed by atoms with Gasteiger partial charge in [0.1, 0.15) is 23.2 Å². The second kappa shape index (κ2) is 10.1. The Hall–Kier alpha value is -3.92. The van der Waals surface area contributed by atoms with Crippen LogP contribution in [0.25, 0.3) is 11.3 Å². The fraction of sp³-hybridized carbons (Fsp3) is 0.286. The smallest absolute Gasteiger partial charge is 0.378 e. The van der Waals surface area contributed by atoms with Gasteiger partial charge in [0.2, 0.25) is 0 Å². The average Bonchev–Trinajstić information content (AvgIpc) is 3.26. The third-order valence-electron chi connectivity index (χ3n) is 6.74. The van der Waals surface area contributed by atoms with Crippen LogP contribution in [0.15, 0.2) is 72.5 Å². The van der Waals surface area contributed by atoms with Crippen molar-refractivity contribution in [2.24, 2.45) is 5.92 Å². The Bertz CT molecular complexity index is 1410. The molecule has 0 bridgehead atoms. The molecule has 0 spiro atoms. The molecule has 0 saturated heterocycles. The number of carbonyl (C=O) groups excluding carboxylic acids is 1. The van der Waals surface area contributed by atoms with Crippen molar-refractivity contribution < 1.29 is 27.5 Å². The molecule has 1 aliphatic carbocycles. The maximum Gasteiger partial charge on any atom is 0.416 e. The summed E-state index contributed by atoms with van der Waals surface area (Å²) in [6.07, 6.45) is 0.725. The molecule has 2 aliphatic rings. The molecule has 2 atom stereocenters. The van der Waals surface area contributed by atoms with Gasteiger partial charge in [-0.2, -0.15) is 13.2 Å². The Morgan fingerprint density at radius 3 is 2.61 bits per heavy atom. The number of imidazole rings is 1. The van der Waals surface area contributed by atoms with Crippen molar-refractivity contribution >= 4 is 11.7 Å². The molecular formula is C28H26F4N4O2. The summed E-state index contributed by atoms with van der Waals surface area (Å²) in [5, 5.41) is 14.1. The molecule has 2 unspecified atom stereocenters. The van der Waals surface area contributed by atoms with E-state index in [4.69, 9.17) is 4.98 Å². The molecule has 0 fully saturated rings. The molecule has 0 saturated carbocycles. The lowest BCUT2D eigenvalue weighted by Crippen LogP contribution is -2.41. The SMILES string of the molecule is CC1C=CC(Nc2c(-c3ccc(F)cc3)nc3n2CCN(C(=O)C(O)c2cccc(C(F)(F)F)c2)C3)=CC1. The number of benzene rings is 2. The molecule has 3 aromatic rings. The molecule has 38 heavy (non-hydrogen) atoms. The molecule has 2 N–H and O–H groups in total. The zero-order valence-electron chi connectivity index (χ0n) is 20.5. The van der Waals surface area contributed by atoms with Crippen LogP contribution in [0.3, 0.4) is 0 Å². The molecule has 5 rings (SSSR count). The lowest BCUT2D eigenvalue weighted by atomic mass is 10.0. The van der Waals surface area contributed by atoms with Crippen LogP contribution in [0.5, 0.6) is 0 Å². The maximum absolute atomic E-state index is 13.6. The van der Waals surface area contributed by atoms with E-state index < -0.39 is 23.8 Å². The van der Waals surface area contributed by atoms with Crippen molar-refractivity contribution in [3.63, 3.8) is 0 Å². The van der Waals surface area contributed by atoms with Gasteiger partial charge in [-0.3, -0.25) is 4.79 Å². The number of carbonyl (C=O) groups is 1. The summed E-state index contributed by atoms with van der Waals surface area (Å²) >= 11 is 0. The van der Waals surface area contributed by atoms with Gasteiger partial charge in [0.15, 0.2) is 6.10 Å². The van der Waals surface area contributed by atoms with Gasteiger partial charge in [-0.1, -0.05) is 31.2 Å². The van der Waals surface area contributed by atoms with Gasteiger partial charge >= 0.3 is 6.18 Å². The topological polar surface area (TPSA) is 70.4 Å². The van der Waals surface area contributed by atoms with E-state index in [1.54, 1.807) is 12.1 Å². The number of aliphatic hydroxyl groups is 1. The minimum atomic E-state index is -4.59. The monoisotopic (exact) mass is 526 g/mol. The van der Waals surface area contributed by atoms with Crippen LogP contribution in [0.2, 0.25) is 0 Å². The molecule has 10 heteroatoms. The minimum absolute atomic E-state index is 0.0522. The number of halogens is 4. The first-order valence-corrected chi connectivity index (χ1v) is 12.2. The van der Waals surface area contributed by atoms with E-state index in [0.29, 0.717) is 35.4 Å². The van der Waals surface area contributed by atoms with Gasteiger partial charge in [-0.25, -0.2) is 9.37 Å². The fourth-order valence-corrected chi connectivity index (χ4v) is 4.61. The molecule has 1 aliphatic heterocycles. The molecule has 0 radical (unpaired) electrons. The van der Waals surface area contributed by atoms with Crippen molar-refractivity contribution in [2.75, 3.05) is 11.9 Å². The van der Waals surface area contributed by atoms with Crippen LogP contribution >= 0.6 is 0 Å². The number of alkyl halides is 3. The van der Waals surface area contributed by atoms with E-state index in [0.717, 1.165) is 24.3 Å². The highest BCUT2D eigenvalue weighted by atomic mass is 19.4.